The van der Waals surface area contributed by atoms with Crippen LogP contribution in [0.25, 0.3) is 21.6 Å². The number of fused-ring (bicyclic) bond motifs is 1. The van der Waals surface area contributed by atoms with Gasteiger partial charge in [-0.25, -0.2) is 9.97 Å². The van der Waals surface area contributed by atoms with Crippen LogP contribution in [-0.2, 0) is 0 Å². The minimum absolute atomic E-state index is 0.0491. The second-order valence-electron chi connectivity index (χ2n) is 4.55. The summed E-state index contributed by atoms with van der Waals surface area (Å²) in [6.45, 7) is 3.89. The first-order valence-corrected chi connectivity index (χ1v) is 6.96. The van der Waals surface area contributed by atoms with Crippen LogP contribution >= 0.6 is 11.3 Å². The van der Waals surface area contributed by atoms with Crippen molar-refractivity contribution in [1.29, 1.82) is 0 Å². The minimum Gasteiger partial charge on any atom is -0.324 e. The van der Waals surface area contributed by atoms with Crippen molar-refractivity contribution in [3.63, 3.8) is 0 Å². The number of nitrogens with zero attached hydrogens (tertiary/aromatic N) is 3. The number of hydrogen-bond acceptors (Lipinski definition) is 5. The Morgan fingerprint density at radius 2 is 2.11 bits per heavy atom. The average Bonchev–Trinajstić information content (AvgIpc) is 2.85. The molecule has 3 heterocycles. The van der Waals surface area contributed by atoms with E-state index in [1.807, 2.05) is 31.5 Å². The molecule has 4 nitrogen and oxygen atoms in total. The summed E-state index contributed by atoms with van der Waals surface area (Å²) in [5.41, 5.74) is 9.73. The molecule has 0 saturated heterocycles. The van der Waals surface area contributed by atoms with Gasteiger partial charge in [0, 0.05) is 35.3 Å². The molecule has 0 aliphatic heterocycles. The average molecular weight is 270 g/mol. The maximum atomic E-state index is 5.87. The maximum absolute atomic E-state index is 5.87. The third-order valence-electron chi connectivity index (χ3n) is 3.07. The van der Waals surface area contributed by atoms with Crippen molar-refractivity contribution in [2.75, 3.05) is 0 Å². The number of rotatable bonds is 2. The van der Waals surface area contributed by atoms with E-state index in [0.29, 0.717) is 5.82 Å². The highest BCUT2D eigenvalue weighted by molar-refractivity contribution is 7.17. The molecule has 5 heteroatoms. The fraction of sp³-hybridized carbons (Fsp3) is 0.214. The molecule has 0 unspecified atom stereocenters. The van der Waals surface area contributed by atoms with Gasteiger partial charge in [-0.3, -0.25) is 4.98 Å². The van der Waals surface area contributed by atoms with E-state index in [-0.39, 0.29) is 6.04 Å². The van der Waals surface area contributed by atoms with Gasteiger partial charge in [0.2, 0.25) is 0 Å². The third kappa shape index (κ3) is 2.22. The lowest BCUT2D eigenvalue weighted by Gasteiger charge is -2.09. The van der Waals surface area contributed by atoms with E-state index in [4.69, 9.17) is 5.73 Å². The number of hydrogen-bond donors (Lipinski definition) is 1. The Morgan fingerprint density at radius 3 is 2.84 bits per heavy atom. The highest BCUT2D eigenvalue weighted by atomic mass is 32.1. The van der Waals surface area contributed by atoms with Crippen molar-refractivity contribution in [3.8, 4) is 11.4 Å². The molecule has 1 atom stereocenters. The molecular formula is C14H14N4S. The monoisotopic (exact) mass is 270 g/mol. The number of thiophene rings is 1. The first kappa shape index (κ1) is 12.2. The van der Waals surface area contributed by atoms with Crippen LogP contribution in [0.3, 0.4) is 0 Å². The van der Waals surface area contributed by atoms with Crippen molar-refractivity contribution in [3.05, 3.63) is 41.2 Å². The molecule has 0 bridgehead atoms. The first-order chi connectivity index (χ1) is 9.15. The number of aromatic nitrogens is 3. The van der Waals surface area contributed by atoms with Crippen LogP contribution in [0.15, 0.2) is 29.9 Å². The zero-order chi connectivity index (χ0) is 13.4. The highest BCUT2D eigenvalue weighted by Gasteiger charge is 2.09. The number of aryl methyl sites for hydroxylation is 1. The van der Waals surface area contributed by atoms with Gasteiger partial charge in [-0.1, -0.05) is 0 Å². The molecule has 3 aromatic heterocycles. The first-order valence-electron chi connectivity index (χ1n) is 6.08. The Morgan fingerprint density at radius 1 is 1.26 bits per heavy atom. The molecule has 0 radical (unpaired) electrons. The molecule has 0 amide bonds. The van der Waals surface area contributed by atoms with Gasteiger partial charge in [0.05, 0.1) is 10.2 Å². The summed E-state index contributed by atoms with van der Waals surface area (Å²) < 4.78 is 1.15. The number of pyridine rings is 1. The summed E-state index contributed by atoms with van der Waals surface area (Å²) >= 11 is 1.67. The van der Waals surface area contributed by atoms with E-state index in [9.17, 15) is 0 Å². The number of nitrogens with two attached hydrogens (primary N) is 1. The van der Waals surface area contributed by atoms with Crippen molar-refractivity contribution < 1.29 is 0 Å². The summed E-state index contributed by atoms with van der Waals surface area (Å²) in [6.07, 6.45) is 3.62. The van der Waals surface area contributed by atoms with Gasteiger partial charge in [0.25, 0.3) is 0 Å². The predicted molar refractivity (Wildman–Crippen MR) is 78.0 cm³/mol. The van der Waals surface area contributed by atoms with Crippen LogP contribution in [0, 0.1) is 6.92 Å². The van der Waals surface area contributed by atoms with Crippen LogP contribution in [0.2, 0.25) is 0 Å². The van der Waals surface area contributed by atoms with Gasteiger partial charge in [0.1, 0.15) is 0 Å². The summed E-state index contributed by atoms with van der Waals surface area (Å²) in [7, 11) is 0. The van der Waals surface area contributed by atoms with Crippen LogP contribution in [0.1, 0.15) is 24.2 Å². The third-order valence-corrected chi connectivity index (χ3v) is 3.92. The highest BCUT2D eigenvalue weighted by Crippen LogP contribution is 2.24. The Labute approximate surface area is 115 Å². The molecule has 0 aromatic carbocycles. The topological polar surface area (TPSA) is 64.7 Å². The van der Waals surface area contributed by atoms with Gasteiger partial charge >= 0.3 is 0 Å². The fourth-order valence-corrected chi connectivity index (χ4v) is 2.81. The smallest absolute Gasteiger partial charge is 0.160 e. The standard InChI is InChI=1S/C14H14N4S/c1-8(15)11-7-17-14(18-9(11)2)10-5-13-12(16-6-10)3-4-19-13/h3-8H,15H2,1-2H3/t8-/m0/s1. The summed E-state index contributed by atoms with van der Waals surface area (Å²) in [5, 5.41) is 2.03. The van der Waals surface area contributed by atoms with Gasteiger partial charge in [-0.2, -0.15) is 0 Å². The Hall–Kier alpha value is -1.85. The van der Waals surface area contributed by atoms with E-state index < -0.39 is 0 Å². The minimum atomic E-state index is -0.0491. The summed E-state index contributed by atoms with van der Waals surface area (Å²) in [5.74, 6) is 0.699. The van der Waals surface area contributed by atoms with Crippen LogP contribution in [-0.4, -0.2) is 15.0 Å². The van der Waals surface area contributed by atoms with E-state index in [1.54, 1.807) is 17.5 Å². The van der Waals surface area contributed by atoms with Gasteiger partial charge in [-0.05, 0) is 31.4 Å². The molecule has 2 N–H and O–H groups in total. The molecule has 0 aliphatic rings. The van der Waals surface area contributed by atoms with Crippen molar-refractivity contribution in [2.45, 2.75) is 19.9 Å². The molecule has 0 fully saturated rings. The van der Waals surface area contributed by atoms with E-state index >= 15 is 0 Å². The Bertz CT molecular complexity index is 733. The molecular weight excluding hydrogens is 256 g/mol. The van der Waals surface area contributed by atoms with E-state index in [2.05, 4.69) is 21.0 Å². The molecule has 0 saturated carbocycles. The quantitative estimate of drug-likeness (QED) is 0.777. The van der Waals surface area contributed by atoms with Gasteiger partial charge < -0.3 is 5.73 Å². The van der Waals surface area contributed by atoms with E-state index in [1.165, 1.54) is 0 Å². The van der Waals surface area contributed by atoms with E-state index in [0.717, 1.165) is 27.0 Å². The van der Waals surface area contributed by atoms with Crippen molar-refractivity contribution >= 4 is 21.6 Å². The largest absolute Gasteiger partial charge is 0.324 e. The second kappa shape index (κ2) is 4.68. The molecule has 96 valence electrons. The molecule has 3 aromatic rings. The zero-order valence-corrected chi connectivity index (χ0v) is 11.6. The molecule has 19 heavy (non-hydrogen) atoms. The maximum Gasteiger partial charge on any atom is 0.160 e. The lowest BCUT2D eigenvalue weighted by atomic mass is 10.1. The molecule has 0 spiro atoms. The van der Waals surface area contributed by atoms with Crippen LogP contribution < -0.4 is 5.73 Å². The predicted octanol–water partition coefficient (Wildman–Crippen LogP) is 3.08. The zero-order valence-electron chi connectivity index (χ0n) is 10.8. The Kier molecular flexibility index (Phi) is 3.00. The van der Waals surface area contributed by atoms with Crippen molar-refractivity contribution in [2.24, 2.45) is 5.73 Å². The SMILES string of the molecule is Cc1nc(-c2cnc3ccsc3c2)ncc1[C@H](C)N. The van der Waals surface area contributed by atoms with Crippen molar-refractivity contribution in [1.82, 2.24) is 15.0 Å². The van der Waals surface area contributed by atoms with Crippen LogP contribution in [0.4, 0.5) is 0 Å². The molecule has 0 aliphatic carbocycles. The van der Waals surface area contributed by atoms with Gasteiger partial charge in [-0.15, -0.1) is 11.3 Å². The lowest BCUT2D eigenvalue weighted by molar-refractivity contribution is 0.790. The summed E-state index contributed by atoms with van der Waals surface area (Å²) in [6, 6.07) is 4.04. The second-order valence-corrected chi connectivity index (χ2v) is 5.50. The molecule has 3 rings (SSSR count). The fourth-order valence-electron chi connectivity index (χ4n) is 2.03. The summed E-state index contributed by atoms with van der Waals surface area (Å²) in [4.78, 5) is 13.3. The lowest BCUT2D eigenvalue weighted by Crippen LogP contribution is -2.09. The normalized spacial score (nSPS) is 12.8. The Balaban J connectivity index is 2.08. The van der Waals surface area contributed by atoms with Crippen LogP contribution in [0.5, 0.6) is 0 Å². The van der Waals surface area contributed by atoms with Gasteiger partial charge in [0.15, 0.2) is 5.82 Å².